The fourth-order valence-corrected chi connectivity index (χ4v) is 4.44. The Bertz CT molecular complexity index is 1410. The van der Waals surface area contributed by atoms with Crippen molar-refractivity contribution in [2.24, 2.45) is 0 Å². The predicted octanol–water partition coefficient (Wildman–Crippen LogP) is 3.82. The summed E-state index contributed by atoms with van der Waals surface area (Å²) in [5.74, 6) is -1.04. The van der Waals surface area contributed by atoms with Crippen LogP contribution in [0.15, 0.2) is 67.0 Å². The number of halogens is 1. The number of anilines is 1. The third kappa shape index (κ3) is 4.60. The quantitative estimate of drug-likeness (QED) is 0.305. The van der Waals surface area contributed by atoms with E-state index in [1.807, 2.05) is 12.1 Å². The molecule has 10 nitrogen and oxygen atoms in total. The number of nitrogens with zero attached hydrogens (tertiary/aromatic N) is 4. The highest BCUT2D eigenvalue weighted by atomic mass is 35.5. The van der Waals surface area contributed by atoms with E-state index in [1.54, 1.807) is 60.0 Å². The van der Waals surface area contributed by atoms with E-state index in [4.69, 9.17) is 31.5 Å². The maximum Gasteiger partial charge on any atom is 0.338 e. The molecule has 3 atom stereocenters. The monoisotopic (exact) mass is 507 g/mol. The van der Waals surface area contributed by atoms with Crippen LogP contribution in [0.4, 0.5) is 5.95 Å². The zero-order chi connectivity index (χ0) is 25.3. The molecule has 0 aliphatic carbocycles. The van der Waals surface area contributed by atoms with Gasteiger partial charge in [-0.2, -0.15) is 9.97 Å². The molecule has 11 heteroatoms. The Hall–Kier alpha value is -4.02. The van der Waals surface area contributed by atoms with Gasteiger partial charge in [-0.3, -0.25) is 4.57 Å². The third-order valence-corrected chi connectivity index (χ3v) is 6.13. The molecule has 0 spiro atoms. The van der Waals surface area contributed by atoms with Crippen molar-refractivity contribution in [2.75, 3.05) is 12.3 Å². The molecule has 0 amide bonds. The van der Waals surface area contributed by atoms with Crippen LogP contribution in [0.2, 0.25) is 5.15 Å². The maximum absolute atomic E-state index is 13.0. The van der Waals surface area contributed by atoms with Gasteiger partial charge in [-0.1, -0.05) is 48.0 Å². The van der Waals surface area contributed by atoms with Gasteiger partial charge < -0.3 is 19.9 Å². The van der Waals surface area contributed by atoms with Crippen LogP contribution in [0.5, 0.6) is 0 Å². The van der Waals surface area contributed by atoms with E-state index >= 15 is 0 Å². The summed E-state index contributed by atoms with van der Waals surface area (Å²) in [6.45, 7) is 1.70. The van der Waals surface area contributed by atoms with Crippen molar-refractivity contribution in [2.45, 2.75) is 31.3 Å². The first-order valence-electron chi connectivity index (χ1n) is 11.2. The summed E-state index contributed by atoms with van der Waals surface area (Å²) >= 11 is 6.20. The van der Waals surface area contributed by atoms with Crippen LogP contribution in [0.1, 0.15) is 40.3 Å². The fraction of sp³-hybridized carbons (Fsp3) is 0.240. The van der Waals surface area contributed by atoms with Gasteiger partial charge in [0.15, 0.2) is 22.6 Å². The van der Waals surface area contributed by atoms with Crippen LogP contribution >= 0.6 is 11.6 Å². The molecule has 3 heterocycles. The maximum atomic E-state index is 13.0. The molecule has 2 aromatic heterocycles. The number of rotatable bonds is 6. The Morgan fingerprint density at radius 2 is 1.72 bits per heavy atom. The van der Waals surface area contributed by atoms with Crippen molar-refractivity contribution in [3.8, 4) is 0 Å². The second-order valence-electron chi connectivity index (χ2n) is 8.54. The van der Waals surface area contributed by atoms with Gasteiger partial charge in [0.25, 0.3) is 0 Å². The van der Waals surface area contributed by atoms with Crippen LogP contribution < -0.4 is 5.73 Å². The summed E-state index contributed by atoms with van der Waals surface area (Å²) in [6.07, 6.45) is 0.276. The normalized spacial score (nSPS) is 21.4. The average Bonchev–Trinajstić information content (AvgIpc) is 3.44. The van der Waals surface area contributed by atoms with E-state index in [9.17, 15) is 9.59 Å². The molecule has 1 aliphatic heterocycles. The molecule has 0 saturated carbocycles. The van der Waals surface area contributed by atoms with E-state index in [0.29, 0.717) is 22.3 Å². The Balaban J connectivity index is 1.44. The van der Waals surface area contributed by atoms with Crippen molar-refractivity contribution in [1.82, 2.24) is 19.5 Å². The molecular weight excluding hydrogens is 486 g/mol. The van der Waals surface area contributed by atoms with Gasteiger partial charge in [0.05, 0.1) is 23.6 Å². The van der Waals surface area contributed by atoms with Crippen LogP contribution in [-0.2, 0) is 14.2 Å². The van der Waals surface area contributed by atoms with Crippen molar-refractivity contribution in [3.05, 3.63) is 83.3 Å². The first-order valence-corrected chi connectivity index (χ1v) is 11.5. The Morgan fingerprint density at radius 3 is 2.39 bits per heavy atom. The molecular formula is C25H22ClN5O5. The second kappa shape index (κ2) is 9.56. The molecule has 1 aliphatic rings. The molecule has 0 radical (unpaired) electrons. The van der Waals surface area contributed by atoms with Crippen LogP contribution in [0.3, 0.4) is 0 Å². The number of ether oxygens (including phenoxy) is 3. The average molecular weight is 508 g/mol. The lowest BCUT2D eigenvalue weighted by Crippen LogP contribution is -2.37. The van der Waals surface area contributed by atoms with Gasteiger partial charge in [0.2, 0.25) is 5.95 Å². The largest absolute Gasteiger partial charge is 0.459 e. The SMILES string of the molecule is CC1(OC(=O)c2ccccc2)CC(COC(=O)c2ccccc2)OC1n1cnc2c(Cl)nc(N)nc21. The fourth-order valence-electron chi connectivity index (χ4n) is 4.22. The highest BCUT2D eigenvalue weighted by Gasteiger charge is 2.50. The molecule has 2 N–H and O–H groups in total. The van der Waals surface area contributed by atoms with Crippen molar-refractivity contribution < 1.29 is 23.8 Å². The number of hydrogen-bond acceptors (Lipinski definition) is 9. The molecule has 36 heavy (non-hydrogen) atoms. The molecule has 1 saturated heterocycles. The summed E-state index contributed by atoms with van der Waals surface area (Å²) in [6, 6.07) is 17.3. The molecule has 2 aromatic carbocycles. The van der Waals surface area contributed by atoms with Gasteiger partial charge in [-0.05, 0) is 31.2 Å². The summed E-state index contributed by atoms with van der Waals surface area (Å²) in [7, 11) is 0. The van der Waals surface area contributed by atoms with Gasteiger partial charge >= 0.3 is 11.9 Å². The van der Waals surface area contributed by atoms with E-state index in [-0.39, 0.29) is 24.1 Å². The standard InChI is InChI=1S/C25H22ClN5O5/c1-25(36-22(33)16-10-6-3-7-11-16)12-17(13-34-21(32)15-8-4-2-5-9-15)35-23(25)31-14-28-18-19(26)29-24(27)30-20(18)31/h2-11,14,17,23H,12-13H2,1H3,(H2,27,29,30). The predicted molar refractivity (Wildman–Crippen MR) is 130 cm³/mol. The number of carbonyl (C=O) groups excluding carboxylic acids is 2. The van der Waals surface area contributed by atoms with E-state index in [1.165, 1.54) is 6.33 Å². The molecule has 5 rings (SSSR count). The molecule has 1 fully saturated rings. The minimum absolute atomic E-state index is 0.0384. The Labute approximate surface area is 211 Å². The van der Waals surface area contributed by atoms with E-state index in [2.05, 4.69) is 15.0 Å². The van der Waals surface area contributed by atoms with Crippen LogP contribution in [-0.4, -0.2) is 49.8 Å². The zero-order valence-electron chi connectivity index (χ0n) is 19.2. The van der Waals surface area contributed by atoms with Crippen molar-refractivity contribution >= 4 is 40.7 Å². The minimum atomic E-state index is -1.17. The zero-order valence-corrected chi connectivity index (χ0v) is 20.0. The lowest BCUT2D eigenvalue weighted by Gasteiger charge is -2.30. The first-order chi connectivity index (χ1) is 17.3. The van der Waals surface area contributed by atoms with E-state index < -0.39 is 29.9 Å². The van der Waals surface area contributed by atoms with Gasteiger partial charge in [-0.25, -0.2) is 14.6 Å². The number of hydrogen-bond donors (Lipinski definition) is 1. The van der Waals surface area contributed by atoms with Crippen LogP contribution in [0.25, 0.3) is 11.2 Å². The number of fused-ring (bicyclic) bond motifs is 1. The number of imidazole rings is 1. The lowest BCUT2D eigenvalue weighted by atomic mass is 9.99. The second-order valence-corrected chi connectivity index (χ2v) is 8.90. The van der Waals surface area contributed by atoms with Gasteiger partial charge in [0.1, 0.15) is 12.1 Å². The summed E-state index contributed by atoms with van der Waals surface area (Å²) < 4.78 is 19.3. The first kappa shape index (κ1) is 23.7. The minimum Gasteiger partial charge on any atom is -0.459 e. The highest BCUT2D eigenvalue weighted by Crippen LogP contribution is 2.43. The number of aromatic nitrogens is 4. The van der Waals surface area contributed by atoms with Crippen LogP contribution in [0, 0.1) is 0 Å². The summed E-state index contributed by atoms with van der Waals surface area (Å²) in [5.41, 5.74) is 6.10. The molecule has 184 valence electrons. The number of nitrogens with two attached hydrogens (primary N) is 1. The summed E-state index contributed by atoms with van der Waals surface area (Å²) in [4.78, 5) is 37.9. The molecule has 4 aromatic rings. The highest BCUT2D eigenvalue weighted by molar-refractivity contribution is 6.33. The topological polar surface area (TPSA) is 131 Å². The number of nitrogen functional groups attached to an aromatic ring is 1. The Kier molecular flexibility index (Phi) is 6.29. The number of benzene rings is 2. The summed E-state index contributed by atoms with van der Waals surface area (Å²) in [5, 5.41) is 0.0885. The van der Waals surface area contributed by atoms with Gasteiger partial charge in [0, 0.05) is 6.42 Å². The Morgan fingerprint density at radius 1 is 1.08 bits per heavy atom. The molecule has 3 unspecified atom stereocenters. The number of carbonyl (C=O) groups is 2. The van der Waals surface area contributed by atoms with Gasteiger partial charge in [-0.15, -0.1) is 0 Å². The van der Waals surface area contributed by atoms with Crippen molar-refractivity contribution in [3.63, 3.8) is 0 Å². The van der Waals surface area contributed by atoms with Crippen molar-refractivity contribution in [1.29, 1.82) is 0 Å². The lowest BCUT2D eigenvalue weighted by molar-refractivity contribution is -0.0953. The number of esters is 2. The molecule has 0 bridgehead atoms. The smallest absolute Gasteiger partial charge is 0.338 e. The van der Waals surface area contributed by atoms with E-state index in [0.717, 1.165) is 0 Å². The third-order valence-electron chi connectivity index (χ3n) is 5.87.